The van der Waals surface area contributed by atoms with Gasteiger partial charge in [0.25, 0.3) is 0 Å². The summed E-state index contributed by atoms with van der Waals surface area (Å²) in [4.78, 5) is 16.6. The predicted molar refractivity (Wildman–Crippen MR) is 99.8 cm³/mol. The van der Waals surface area contributed by atoms with Crippen LogP contribution in [0.3, 0.4) is 0 Å². The number of nitrogens with zero attached hydrogens (tertiary/aromatic N) is 4. The van der Waals surface area contributed by atoms with Gasteiger partial charge in [-0.2, -0.15) is 5.26 Å². The molecule has 0 aliphatic heterocycles. The Morgan fingerprint density at radius 2 is 2.20 bits per heavy atom. The maximum Gasteiger partial charge on any atom is 0.236 e. The third kappa shape index (κ3) is 4.13. The number of pyridine rings is 1. The van der Waals surface area contributed by atoms with Gasteiger partial charge >= 0.3 is 0 Å². The molecule has 126 valence electrons. The molecule has 1 amide bonds. The number of anilines is 1. The van der Waals surface area contributed by atoms with Crippen molar-refractivity contribution in [3.05, 3.63) is 40.4 Å². The number of nitrogens with one attached hydrogen (secondary N) is 1. The molecule has 0 atom stereocenters. The largest absolute Gasteiger partial charge is 0.300 e. The smallest absolute Gasteiger partial charge is 0.236 e. The first-order valence-corrected chi connectivity index (χ1v) is 9.45. The van der Waals surface area contributed by atoms with Gasteiger partial charge in [0.05, 0.1) is 16.8 Å². The van der Waals surface area contributed by atoms with Crippen molar-refractivity contribution >= 4 is 45.0 Å². The number of aromatic nitrogens is 3. The number of carbonyl (C=O) groups excluding carboxylic acids is 1. The van der Waals surface area contributed by atoms with Crippen LogP contribution in [-0.4, -0.2) is 26.8 Å². The first kappa shape index (κ1) is 17.3. The molecular formula is C17H15N5OS2. The molecule has 0 aliphatic carbocycles. The van der Waals surface area contributed by atoms with Gasteiger partial charge in [-0.1, -0.05) is 41.7 Å². The molecule has 1 N–H and O–H groups in total. The van der Waals surface area contributed by atoms with E-state index in [9.17, 15) is 10.1 Å². The number of benzene rings is 1. The van der Waals surface area contributed by atoms with Crippen molar-refractivity contribution in [2.45, 2.75) is 25.3 Å². The monoisotopic (exact) mass is 369 g/mol. The lowest BCUT2D eigenvalue weighted by Gasteiger charge is -2.06. The average molecular weight is 369 g/mol. The lowest BCUT2D eigenvalue weighted by Crippen LogP contribution is -2.14. The Bertz CT molecular complexity index is 977. The summed E-state index contributed by atoms with van der Waals surface area (Å²) >= 11 is 2.60. The topological polar surface area (TPSA) is 91.6 Å². The molecule has 0 spiro atoms. The van der Waals surface area contributed by atoms with Gasteiger partial charge in [0, 0.05) is 5.39 Å². The summed E-state index contributed by atoms with van der Waals surface area (Å²) in [7, 11) is 0. The predicted octanol–water partition coefficient (Wildman–Crippen LogP) is 3.56. The van der Waals surface area contributed by atoms with Crippen molar-refractivity contribution in [2.24, 2.45) is 0 Å². The normalized spacial score (nSPS) is 10.6. The molecule has 0 unspecified atom stereocenters. The summed E-state index contributed by atoms with van der Waals surface area (Å²) in [5, 5.41) is 22.8. The fraction of sp³-hybridized carbons (Fsp3) is 0.235. The molecule has 3 aromatic rings. The van der Waals surface area contributed by atoms with Crippen molar-refractivity contribution in [1.29, 1.82) is 5.26 Å². The Kier molecular flexibility index (Phi) is 5.26. The fourth-order valence-corrected chi connectivity index (χ4v) is 3.66. The SMILES string of the molecule is CCc1nnc(NC(=O)CSc2nc3ccc(C)cc3cc2C#N)s1. The molecule has 3 rings (SSSR count). The summed E-state index contributed by atoms with van der Waals surface area (Å²) < 4.78 is 0. The molecular weight excluding hydrogens is 354 g/mol. The van der Waals surface area contributed by atoms with Gasteiger partial charge in [-0.25, -0.2) is 4.98 Å². The summed E-state index contributed by atoms with van der Waals surface area (Å²) in [6, 6.07) is 9.86. The summed E-state index contributed by atoms with van der Waals surface area (Å²) in [6.07, 6.45) is 0.786. The zero-order chi connectivity index (χ0) is 17.8. The molecule has 0 aliphatic rings. The molecule has 0 radical (unpaired) electrons. The summed E-state index contributed by atoms with van der Waals surface area (Å²) in [5.41, 5.74) is 2.39. The Hall–Kier alpha value is -2.50. The van der Waals surface area contributed by atoms with Gasteiger partial charge in [-0.15, -0.1) is 10.2 Å². The quantitative estimate of drug-likeness (QED) is 0.692. The van der Waals surface area contributed by atoms with Crippen LogP contribution in [0.2, 0.25) is 0 Å². The van der Waals surface area contributed by atoms with Crippen LogP contribution < -0.4 is 5.32 Å². The van der Waals surface area contributed by atoms with E-state index in [-0.39, 0.29) is 11.7 Å². The molecule has 0 saturated carbocycles. The van der Waals surface area contributed by atoms with Crippen LogP contribution in [0.1, 0.15) is 23.1 Å². The van der Waals surface area contributed by atoms with E-state index in [1.165, 1.54) is 23.1 Å². The van der Waals surface area contributed by atoms with Crippen molar-refractivity contribution < 1.29 is 4.79 Å². The van der Waals surface area contributed by atoms with Gasteiger partial charge in [0.2, 0.25) is 11.0 Å². The van der Waals surface area contributed by atoms with E-state index in [4.69, 9.17) is 0 Å². The lowest BCUT2D eigenvalue weighted by atomic mass is 10.1. The van der Waals surface area contributed by atoms with E-state index >= 15 is 0 Å². The third-order valence-electron chi connectivity index (χ3n) is 3.41. The first-order chi connectivity index (χ1) is 12.1. The van der Waals surface area contributed by atoms with Gasteiger partial charge in [-0.3, -0.25) is 10.1 Å². The second-order valence-corrected chi connectivity index (χ2v) is 7.37. The number of rotatable bonds is 5. The average Bonchev–Trinajstić information content (AvgIpc) is 3.06. The number of amides is 1. The standard InChI is InChI=1S/C17H15N5OS2/c1-3-15-21-22-17(25-15)20-14(23)9-24-16-12(8-18)7-11-6-10(2)4-5-13(11)19-16/h4-7H,3,9H2,1-2H3,(H,20,22,23). The highest BCUT2D eigenvalue weighted by Gasteiger charge is 2.12. The minimum atomic E-state index is -0.196. The van der Waals surface area contributed by atoms with Crippen molar-refractivity contribution in [3.8, 4) is 6.07 Å². The number of hydrogen-bond acceptors (Lipinski definition) is 7. The number of thioether (sulfide) groups is 1. The van der Waals surface area contributed by atoms with Gasteiger partial charge in [0.15, 0.2) is 0 Å². The van der Waals surface area contributed by atoms with Crippen molar-refractivity contribution in [2.75, 3.05) is 11.1 Å². The van der Waals surface area contributed by atoms with Crippen LogP contribution >= 0.6 is 23.1 Å². The molecule has 25 heavy (non-hydrogen) atoms. The van der Waals surface area contributed by atoms with E-state index in [2.05, 4.69) is 26.6 Å². The molecule has 2 heterocycles. The Morgan fingerprint density at radius 1 is 1.36 bits per heavy atom. The summed E-state index contributed by atoms with van der Waals surface area (Å²) in [6.45, 7) is 3.98. The number of nitriles is 1. The van der Waals surface area contributed by atoms with Gasteiger partial charge in [-0.05, 0) is 31.5 Å². The molecule has 8 heteroatoms. The second-order valence-electron chi connectivity index (χ2n) is 5.34. The second kappa shape index (κ2) is 7.59. The van der Waals surface area contributed by atoms with Crippen LogP contribution in [0.15, 0.2) is 29.3 Å². The van der Waals surface area contributed by atoms with Crippen LogP contribution in [0.25, 0.3) is 10.9 Å². The van der Waals surface area contributed by atoms with Crippen molar-refractivity contribution in [1.82, 2.24) is 15.2 Å². The Labute approximate surface area is 153 Å². The van der Waals surface area contributed by atoms with E-state index < -0.39 is 0 Å². The van der Waals surface area contributed by atoms with E-state index in [1.807, 2.05) is 38.1 Å². The van der Waals surface area contributed by atoms with Gasteiger partial charge in [0.1, 0.15) is 16.1 Å². The van der Waals surface area contributed by atoms with Crippen LogP contribution in [0.4, 0.5) is 5.13 Å². The number of hydrogen-bond donors (Lipinski definition) is 1. The first-order valence-electron chi connectivity index (χ1n) is 7.65. The summed E-state index contributed by atoms with van der Waals surface area (Å²) in [5.74, 6) is -0.0430. The highest BCUT2D eigenvalue weighted by atomic mass is 32.2. The van der Waals surface area contributed by atoms with E-state index in [0.29, 0.717) is 15.7 Å². The number of carbonyl (C=O) groups is 1. The minimum Gasteiger partial charge on any atom is -0.300 e. The van der Waals surface area contributed by atoms with Crippen LogP contribution in [0.5, 0.6) is 0 Å². The molecule has 0 bridgehead atoms. The van der Waals surface area contributed by atoms with Crippen LogP contribution in [-0.2, 0) is 11.2 Å². The molecule has 1 aromatic carbocycles. The van der Waals surface area contributed by atoms with E-state index in [1.54, 1.807) is 0 Å². The highest BCUT2D eigenvalue weighted by Crippen LogP contribution is 2.25. The zero-order valence-corrected chi connectivity index (χ0v) is 15.4. The Morgan fingerprint density at radius 3 is 2.92 bits per heavy atom. The molecule has 2 aromatic heterocycles. The Balaban J connectivity index is 1.72. The molecule has 6 nitrogen and oxygen atoms in total. The fourth-order valence-electron chi connectivity index (χ4n) is 2.20. The third-order valence-corrected chi connectivity index (χ3v) is 5.39. The zero-order valence-electron chi connectivity index (χ0n) is 13.7. The minimum absolute atomic E-state index is 0.153. The van der Waals surface area contributed by atoms with Crippen LogP contribution in [0, 0.1) is 18.3 Å². The highest BCUT2D eigenvalue weighted by molar-refractivity contribution is 8.00. The van der Waals surface area contributed by atoms with Gasteiger partial charge < -0.3 is 0 Å². The lowest BCUT2D eigenvalue weighted by molar-refractivity contribution is -0.113. The maximum atomic E-state index is 12.1. The number of fused-ring (bicyclic) bond motifs is 1. The molecule has 0 fully saturated rings. The van der Waals surface area contributed by atoms with Crippen molar-refractivity contribution in [3.63, 3.8) is 0 Å². The molecule has 0 saturated heterocycles. The maximum absolute atomic E-state index is 12.1. The van der Waals surface area contributed by atoms with E-state index in [0.717, 1.165) is 27.9 Å². The number of aryl methyl sites for hydroxylation is 2.